The van der Waals surface area contributed by atoms with Crippen molar-refractivity contribution in [1.82, 2.24) is 0 Å². The summed E-state index contributed by atoms with van der Waals surface area (Å²) in [6, 6.07) is 14.5. The van der Waals surface area contributed by atoms with Gasteiger partial charge in [0, 0.05) is 0 Å². The van der Waals surface area contributed by atoms with Crippen LogP contribution >= 0.6 is 11.3 Å². The number of hydrogen-bond acceptors (Lipinski definition) is 2. The van der Waals surface area contributed by atoms with Gasteiger partial charge >= 0.3 is 123 Å². The van der Waals surface area contributed by atoms with Crippen molar-refractivity contribution >= 4 is 35.4 Å². The van der Waals surface area contributed by atoms with E-state index in [4.69, 9.17) is 5.26 Å². The molecule has 0 unspecified atom stereocenters. The number of rotatable bonds is 2. The minimum atomic E-state index is -0.496. The Morgan fingerprint density at radius 3 is 2.28 bits per heavy atom. The molecular weight excluding hydrogens is 345 g/mol. The van der Waals surface area contributed by atoms with E-state index in [2.05, 4.69) is 39.0 Å². The summed E-state index contributed by atoms with van der Waals surface area (Å²) < 4.78 is 2.08. The quantitative estimate of drug-likeness (QED) is 0.747. The van der Waals surface area contributed by atoms with Gasteiger partial charge in [-0.15, -0.1) is 0 Å². The minimum absolute atomic E-state index is 0.496. The third-order valence-electron chi connectivity index (χ3n) is 2.40. The number of nitriles is 1. The van der Waals surface area contributed by atoms with Crippen molar-refractivity contribution in [1.29, 1.82) is 5.26 Å². The van der Waals surface area contributed by atoms with Crippen molar-refractivity contribution in [2.45, 2.75) is 24.2 Å². The first-order chi connectivity index (χ1) is 8.48. The fourth-order valence-electron chi connectivity index (χ4n) is 1.64. The zero-order valence-corrected chi connectivity index (χ0v) is 14.5. The fourth-order valence-corrected chi connectivity index (χ4v) is 8.47. The Balaban J connectivity index is 2.21. The molecule has 0 amide bonds. The van der Waals surface area contributed by atoms with E-state index in [1.54, 1.807) is 2.89 Å². The Labute approximate surface area is 123 Å². The monoisotopic (exact) mass is 361 g/mol. The van der Waals surface area contributed by atoms with Gasteiger partial charge in [0.2, 0.25) is 0 Å². The zero-order chi connectivity index (χ0) is 13.2. The summed E-state index contributed by atoms with van der Waals surface area (Å²) in [4.78, 5) is 1.32. The van der Waals surface area contributed by atoms with Crippen LogP contribution in [-0.4, -0.2) is 21.1 Å². The van der Waals surface area contributed by atoms with Gasteiger partial charge in [0.05, 0.1) is 0 Å². The number of hydrogen-bond donors (Lipinski definition) is 0. The molecule has 2 radical (unpaired) electrons. The van der Waals surface area contributed by atoms with Crippen LogP contribution in [0.5, 0.6) is 0 Å². The van der Waals surface area contributed by atoms with Crippen molar-refractivity contribution in [3.8, 4) is 16.5 Å². The SMILES string of the molecule is C[C](C)(C)[Sn][c]1ccc(-c2ccc(C#N)cc2)s1. The van der Waals surface area contributed by atoms with Gasteiger partial charge in [-0.25, -0.2) is 0 Å². The van der Waals surface area contributed by atoms with Gasteiger partial charge in [0.25, 0.3) is 0 Å². The van der Waals surface area contributed by atoms with Crippen molar-refractivity contribution in [3.63, 3.8) is 0 Å². The summed E-state index contributed by atoms with van der Waals surface area (Å²) in [6.45, 7) is 7.00. The predicted molar refractivity (Wildman–Crippen MR) is 79.6 cm³/mol. The van der Waals surface area contributed by atoms with E-state index in [9.17, 15) is 0 Å². The van der Waals surface area contributed by atoms with E-state index in [0.717, 1.165) is 5.56 Å². The van der Waals surface area contributed by atoms with Crippen LogP contribution in [0.1, 0.15) is 26.3 Å². The predicted octanol–water partition coefficient (Wildman–Crippen LogP) is 3.83. The molecule has 0 spiro atoms. The molecule has 0 aliphatic carbocycles. The normalized spacial score (nSPS) is 11.2. The van der Waals surface area contributed by atoms with Crippen LogP contribution in [0.3, 0.4) is 0 Å². The van der Waals surface area contributed by atoms with Crippen LogP contribution in [0.2, 0.25) is 3.43 Å². The van der Waals surface area contributed by atoms with E-state index >= 15 is 0 Å². The molecule has 0 bridgehead atoms. The second kappa shape index (κ2) is 5.46. The Kier molecular flexibility index (Phi) is 4.13. The molecule has 2 aromatic rings. The molecule has 0 fully saturated rings. The van der Waals surface area contributed by atoms with Crippen LogP contribution in [0, 0.1) is 11.3 Å². The molecule has 0 atom stereocenters. The Bertz CT molecular complexity index is 570. The molecule has 2 rings (SSSR count). The molecule has 1 nitrogen and oxygen atoms in total. The van der Waals surface area contributed by atoms with E-state index in [1.807, 2.05) is 35.6 Å². The summed E-state index contributed by atoms with van der Waals surface area (Å²) >= 11 is 1.42. The van der Waals surface area contributed by atoms with Gasteiger partial charge in [0.1, 0.15) is 0 Å². The van der Waals surface area contributed by atoms with Crippen molar-refractivity contribution in [2.24, 2.45) is 0 Å². The molecular formula is C15H15NSSn. The van der Waals surface area contributed by atoms with Crippen LogP contribution in [0.15, 0.2) is 36.4 Å². The average Bonchev–Trinajstić information content (AvgIpc) is 2.75. The standard InChI is InChI=1S/C11H6NS.C4H9.Sn/c12-8-9-3-5-10(6-4-9)11-2-1-7-13-11;1-4(2)3;/h1-6H;1-3H3;. The summed E-state index contributed by atoms with van der Waals surface area (Å²) in [5, 5.41) is 8.79. The number of nitrogens with zero attached hydrogens (tertiary/aromatic N) is 1. The van der Waals surface area contributed by atoms with Crippen molar-refractivity contribution < 1.29 is 0 Å². The molecule has 1 aromatic carbocycles. The molecule has 1 aromatic heterocycles. The van der Waals surface area contributed by atoms with E-state index < -0.39 is 21.1 Å². The molecule has 90 valence electrons. The summed E-state index contributed by atoms with van der Waals surface area (Å²) in [7, 11) is 0. The van der Waals surface area contributed by atoms with Gasteiger partial charge in [0.15, 0.2) is 0 Å². The first kappa shape index (κ1) is 13.6. The maximum atomic E-state index is 8.79. The van der Waals surface area contributed by atoms with Gasteiger partial charge in [-0.1, -0.05) is 0 Å². The van der Waals surface area contributed by atoms with Crippen LogP contribution in [-0.2, 0) is 0 Å². The van der Waals surface area contributed by atoms with E-state index in [1.165, 1.54) is 10.4 Å². The zero-order valence-electron chi connectivity index (χ0n) is 10.8. The Hall–Kier alpha value is -0.791. The van der Waals surface area contributed by atoms with Crippen LogP contribution in [0.4, 0.5) is 0 Å². The molecule has 0 aliphatic rings. The van der Waals surface area contributed by atoms with Gasteiger partial charge in [-0.05, 0) is 0 Å². The molecule has 0 saturated carbocycles. The maximum absolute atomic E-state index is 8.79. The number of thiophene rings is 1. The van der Waals surface area contributed by atoms with Gasteiger partial charge in [-0.3, -0.25) is 0 Å². The first-order valence-electron chi connectivity index (χ1n) is 5.86. The summed E-state index contributed by atoms with van der Waals surface area (Å²) in [5.41, 5.74) is 1.94. The van der Waals surface area contributed by atoms with E-state index in [0.29, 0.717) is 3.43 Å². The van der Waals surface area contributed by atoms with Crippen molar-refractivity contribution in [3.05, 3.63) is 42.0 Å². The van der Waals surface area contributed by atoms with Gasteiger partial charge < -0.3 is 0 Å². The molecule has 0 N–H and O–H groups in total. The molecule has 1 heterocycles. The molecule has 18 heavy (non-hydrogen) atoms. The fraction of sp³-hybridized carbons (Fsp3) is 0.267. The number of benzene rings is 1. The average molecular weight is 360 g/mol. The third kappa shape index (κ3) is 3.60. The van der Waals surface area contributed by atoms with Crippen LogP contribution < -0.4 is 2.89 Å². The second-order valence-electron chi connectivity index (χ2n) is 5.23. The molecule has 3 heteroatoms. The second-order valence-corrected chi connectivity index (χ2v) is 13.9. The Morgan fingerprint density at radius 1 is 1.06 bits per heavy atom. The Morgan fingerprint density at radius 2 is 1.72 bits per heavy atom. The van der Waals surface area contributed by atoms with Crippen molar-refractivity contribution in [2.75, 3.05) is 0 Å². The van der Waals surface area contributed by atoms with Crippen LogP contribution in [0.25, 0.3) is 10.4 Å². The topological polar surface area (TPSA) is 23.8 Å². The molecule has 0 saturated heterocycles. The van der Waals surface area contributed by atoms with Gasteiger partial charge in [-0.2, -0.15) is 0 Å². The summed E-state index contributed by atoms with van der Waals surface area (Å²) in [6.07, 6.45) is 0. The van der Waals surface area contributed by atoms with E-state index in [-0.39, 0.29) is 0 Å². The third-order valence-corrected chi connectivity index (χ3v) is 8.23. The summed E-state index contributed by atoms with van der Waals surface area (Å²) in [5.74, 6) is 0. The first-order valence-corrected chi connectivity index (χ1v) is 9.53. The molecule has 0 aliphatic heterocycles.